The van der Waals surface area contributed by atoms with Gasteiger partial charge in [-0.05, 0) is 24.6 Å². The number of hydrogen-bond acceptors (Lipinski definition) is 4. The summed E-state index contributed by atoms with van der Waals surface area (Å²) in [6.45, 7) is 0.958. The van der Waals surface area contributed by atoms with Crippen molar-refractivity contribution >= 4 is 5.91 Å². The first-order valence-corrected chi connectivity index (χ1v) is 5.85. The van der Waals surface area contributed by atoms with E-state index in [0.717, 1.165) is 0 Å². The molecule has 0 fully saturated rings. The Morgan fingerprint density at radius 1 is 1.44 bits per heavy atom. The SMILES string of the molecule is COCCC(CN)NC(=O)c1cccc(OC)c1. The molecule has 1 aromatic rings. The molecule has 1 amide bonds. The van der Waals surface area contributed by atoms with E-state index in [0.29, 0.717) is 30.9 Å². The van der Waals surface area contributed by atoms with Crippen LogP contribution >= 0.6 is 0 Å². The lowest BCUT2D eigenvalue weighted by molar-refractivity contribution is 0.0926. The first kappa shape index (κ1) is 14.5. The Kier molecular flexibility index (Phi) is 6.18. The minimum Gasteiger partial charge on any atom is -0.497 e. The molecule has 5 heteroatoms. The number of methoxy groups -OCH3 is 2. The summed E-state index contributed by atoms with van der Waals surface area (Å²) >= 11 is 0. The van der Waals surface area contributed by atoms with Crippen molar-refractivity contribution in [1.82, 2.24) is 5.32 Å². The lowest BCUT2D eigenvalue weighted by atomic mass is 10.1. The molecule has 0 saturated carbocycles. The summed E-state index contributed by atoms with van der Waals surface area (Å²) in [5.41, 5.74) is 6.16. The van der Waals surface area contributed by atoms with Gasteiger partial charge >= 0.3 is 0 Å². The monoisotopic (exact) mass is 252 g/mol. The molecule has 0 aliphatic rings. The summed E-state index contributed by atoms with van der Waals surface area (Å²) < 4.78 is 10.0. The molecule has 0 aliphatic heterocycles. The Bertz CT molecular complexity index is 382. The zero-order chi connectivity index (χ0) is 13.4. The highest BCUT2D eigenvalue weighted by Gasteiger charge is 2.12. The molecule has 0 spiro atoms. The number of rotatable bonds is 7. The summed E-state index contributed by atoms with van der Waals surface area (Å²) in [4.78, 5) is 12.0. The van der Waals surface area contributed by atoms with Crippen LogP contribution in [0.15, 0.2) is 24.3 Å². The van der Waals surface area contributed by atoms with Gasteiger partial charge in [-0.25, -0.2) is 0 Å². The number of carbonyl (C=O) groups is 1. The molecule has 5 nitrogen and oxygen atoms in total. The molecule has 0 aromatic heterocycles. The molecule has 0 heterocycles. The second kappa shape index (κ2) is 7.68. The molecular formula is C13H20N2O3. The van der Waals surface area contributed by atoms with Crippen molar-refractivity contribution in [3.8, 4) is 5.75 Å². The second-order valence-corrected chi connectivity index (χ2v) is 3.92. The van der Waals surface area contributed by atoms with Gasteiger partial charge in [0.2, 0.25) is 0 Å². The maximum absolute atomic E-state index is 12.0. The van der Waals surface area contributed by atoms with Gasteiger partial charge in [0.25, 0.3) is 5.91 Å². The first-order chi connectivity index (χ1) is 8.71. The third-order valence-corrected chi connectivity index (χ3v) is 2.62. The van der Waals surface area contributed by atoms with Crippen LogP contribution in [-0.4, -0.2) is 39.3 Å². The Morgan fingerprint density at radius 2 is 2.22 bits per heavy atom. The van der Waals surface area contributed by atoms with E-state index in [4.69, 9.17) is 15.2 Å². The Labute approximate surface area is 107 Å². The van der Waals surface area contributed by atoms with Gasteiger partial charge in [-0.1, -0.05) is 6.07 Å². The number of nitrogens with one attached hydrogen (secondary N) is 1. The van der Waals surface area contributed by atoms with Crippen molar-refractivity contribution in [2.75, 3.05) is 27.4 Å². The summed E-state index contributed by atoms with van der Waals surface area (Å²) in [5.74, 6) is 0.504. The van der Waals surface area contributed by atoms with E-state index in [2.05, 4.69) is 5.32 Å². The van der Waals surface area contributed by atoms with Crippen molar-refractivity contribution in [3.05, 3.63) is 29.8 Å². The van der Waals surface area contributed by atoms with E-state index >= 15 is 0 Å². The fourth-order valence-electron chi connectivity index (χ4n) is 1.54. The van der Waals surface area contributed by atoms with Gasteiger partial charge in [0.1, 0.15) is 5.75 Å². The Hall–Kier alpha value is -1.59. The van der Waals surface area contributed by atoms with Crippen LogP contribution in [0.3, 0.4) is 0 Å². The number of hydrogen-bond donors (Lipinski definition) is 2. The maximum Gasteiger partial charge on any atom is 0.251 e. The molecule has 0 bridgehead atoms. The van der Waals surface area contributed by atoms with Gasteiger partial charge in [-0.2, -0.15) is 0 Å². The third kappa shape index (κ3) is 4.35. The number of carbonyl (C=O) groups excluding carboxylic acids is 1. The smallest absolute Gasteiger partial charge is 0.251 e. The van der Waals surface area contributed by atoms with Crippen molar-refractivity contribution in [3.63, 3.8) is 0 Å². The normalized spacial score (nSPS) is 11.9. The largest absolute Gasteiger partial charge is 0.497 e. The number of nitrogens with two attached hydrogens (primary N) is 1. The van der Waals surface area contributed by atoms with Crippen LogP contribution in [0.5, 0.6) is 5.75 Å². The van der Waals surface area contributed by atoms with E-state index < -0.39 is 0 Å². The van der Waals surface area contributed by atoms with Crippen LogP contribution in [0, 0.1) is 0 Å². The van der Waals surface area contributed by atoms with Gasteiger partial charge in [-0.15, -0.1) is 0 Å². The van der Waals surface area contributed by atoms with Gasteiger partial charge in [0.05, 0.1) is 7.11 Å². The fraction of sp³-hybridized carbons (Fsp3) is 0.462. The minimum atomic E-state index is -0.152. The summed E-state index contributed by atoms with van der Waals surface area (Å²) in [5, 5.41) is 2.87. The van der Waals surface area contributed by atoms with Gasteiger partial charge in [-0.3, -0.25) is 4.79 Å². The lowest BCUT2D eigenvalue weighted by Gasteiger charge is -2.16. The molecule has 0 saturated heterocycles. The number of ether oxygens (including phenoxy) is 2. The standard InChI is InChI=1S/C13H20N2O3/c1-17-7-6-11(9-14)15-13(16)10-4-3-5-12(8-10)18-2/h3-5,8,11H,6-7,9,14H2,1-2H3,(H,15,16). The molecule has 18 heavy (non-hydrogen) atoms. The van der Waals surface area contributed by atoms with E-state index in [1.165, 1.54) is 0 Å². The third-order valence-electron chi connectivity index (χ3n) is 2.62. The Balaban J connectivity index is 2.62. The van der Waals surface area contributed by atoms with E-state index in [1.807, 2.05) is 0 Å². The zero-order valence-electron chi connectivity index (χ0n) is 10.8. The predicted octanol–water partition coefficient (Wildman–Crippen LogP) is 0.789. The van der Waals surface area contributed by atoms with Crippen molar-refractivity contribution in [2.45, 2.75) is 12.5 Å². The van der Waals surface area contributed by atoms with Gasteiger partial charge in [0.15, 0.2) is 0 Å². The number of benzene rings is 1. The molecule has 0 radical (unpaired) electrons. The average Bonchev–Trinajstić information content (AvgIpc) is 2.43. The lowest BCUT2D eigenvalue weighted by Crippen LogP contribution is -2.40. The van der Waals surface area contributed by atoms with Crippen LogP contribution in [-0.2, 0) is 4.74 Å². The predicted molar refractivity (Wildman–Crippen MR) is 69.8 cm³/mol. The van der Waals surface area contributed by atoms with Gasteiger partial charge in [0, 0.05) is 31.9 Å². The highest BCUT2D eigenvalue weighted by Crippen LogP contribution is 2.12. The van der Waals surface area contributed by atoms with Crippen LogP contribution in [0.2, 0.25) is 0 Å². The molecule has 1 atom stereocenters. The molecule has 1 rings (SSSR count). The molecule has 1 unspecified atom stereocenters. The summed E-state index contributed by atoms with van der Waals surface area (Å²) in [6.07, 6.45) is 0.697. The van der Waals surface area contributed by atoms with E-state index in [1.54, 1.807) is 38.5 Å². The summed E-state index contributed by atoms with van der Waals surface area (Å²) in [6, 6.07) is 6.92. The molecule has 1 aromatic carbocycles. The van der Waals surface area contributed by atoms with E-state index in [-0.39, 0.29) is 11.9 Å². The topological polar surface area (TPSA) is 73.6 Å². The number of amides is 1. The molecule has 100 valence electrons. The zero-order valence-corrected chi connectivity index (χ0v) is 10.8. The van der Waals surface area contributed by atoms with Crippen LogP contribution < -0.4 is 15.8 Å². The van der Waals surface area contributed by atoms with Gasteiger partial charge < -0.3 is 20.5 Å². The van der Waals surface area contributed by atoms with Crippen molar-refractivity contribution in [1.29, 1.82) is 0 Å². The summed E-state index contributed by atoms with van der Waals surface area (Å²) in [7, 11) is 3.19. The molecule has 0 aliphatic carbocycles. The molecule has 3 N–H and O–H groups in total. The maximum atomic E-state index is 12.0. The fourth-order valence-corrected chi connectivity index (χ4v) is 1.54. The first-order valence-electron chi connectivity index (χ1n) is 5.85. The average molecular weight is 252 g/mol. The van der Waals surface area contributed by atoms with E-state index in [9.17, 15) is 4.79 Å². The Morgan fingerprint density at radius 3 is 2.83 bits per heavy atom. The highest BCUT2D eigenvalue weighted by atomic mass is 16.5. The highest BCUT2D eigenvalue weighted by molar-refractivity contribution is 5.94. The second-order valence-electron chi connectivity index (χ2n) is 3.92. The molecular weight excluding hydrogens is 232 g/mol. The van der Waals surface area contributed by atoms with Crippen LogP contribution in [0.1, 0.15) is 16.8 Å². The van der Waals surface area contributed by atoms with Crippen molar-refractivity contribution in [2.24, 2.45) is 5.73 Å². The van der Waals surface area contributed by atoms with Crippen LogP contribution in [0.4, 0.5) is 0 Å². The van der Waals surface area contributed by atoms with Crippen molar-refractivity contribution < 1.29 is 14.3 Å². The quantitative estimate of drug-likeness (QED) is 0.752. The van der Waals surface area contributed by atoms with Crippen LogP contribution in [0.25, 0.3) is 0 Å². The minimum absolute atomic E-state index is 0.0800.